The number of hydrogen-bond acceptors (Lipinski definition) is 1. The molecule has 76 valence electrons. The summed E-state index contributed by atoms with van der Waals surface area (Å²) < 4.78 is 0.847. The van der Waals surface area contributed by atoms with Crippen LogP contribution in [-0.4, -0.2) is 5.71 Å². The van der Waals surface area contributed by atoms with Gasteiger partial charge in [0.2, 0.25) is 0 Å². The molecule has 0 saturated heterocycles. The molecule has 0 aromatic rings. The minimum absolute atomic E-state index is 0.448. The number of aliphatic imine (C=N–C) groups is 1. The van der Waals surface area contributed by atoms with Crippen LogP contribution in [0.1, 0.15) is 13.8 Å². The molecule has 0 bridgehead atoms. The summed E-state index contributed by atoms with van der Waals surface area (Å²) in [5, 5.41) is 0.448. The van der Waals surface area contributed by atoms with Crippen LogP contribution in [0.4, 0.5) is 0 Å². The fraction of sp³-hybridized carbons (Fsp3) is 0.182. The fourth-order valence-corrected chi connectivity index (χ4v) is 0.928. The van der Waals surface area contributed by atoms with Crippen LogP contribution >= 0.6 is 27.5 Å². The topological polar surface area (TPSA) is 12.4 Å². The van der Waals surface area contributed by atoms with Gasteiger partial charge in [0.25, 0.3) is 0 Å². The Morgan fingerprint density at radius 3 is 2.43 bits per heavy atom. The Hall–Kier alpha value is -0.600. The molecule has 1 nitrogen and oxygen atoms in total. The largest absolute Gasteiger partial charge is 0.237 e. The Kier molecular flexibility index (Phi) is 6.50. The lowest BCUT2D eigenvalue weighted by atomic mass is 10.2. The van der Waals surface area contributed by atoms with Crippen LogP contribution in [0.25, 0.3) is 0 Å². The summed E-state index contributed by atoms with van der Waals surface area (Å²) in [6, 6.07) is 0. The molecule has 0 atom stereocenters. The van der Waals surface area contributed by atoms with Gasteiger partial charge in [0.15, 0.2) is 0 Å². The molecule has 0 aliphatic heterocycles. The first kappa shape index (κ1) is 13.4. The number of nitrogens with zero attached hydrogens (tertiary/aromatic N) is 1. The van der Waals surface area contributed by atoms with Gasteiger partial charge in [0.05, 0.1) is 5.71 Å². The fourth-order valence-electron chi connectivity index (χ4n) is 0.620. The molecule has 0 aliphatic carbocycles. The van der Waals surface area contributed by atoms with Crippen molar-refractivity contribution in [1.29, 1.82) is 0 Å². The third-order valence-corrected chi connectivity index (χ3v) is 2.23. The lowest BCUT2D eigenvalue weighted by molar-refractivity contribution is 1.44. The van der Waals surface area contributed by atoms with E-state index < -0.39 is 0 Å². The molecule has 0 spiro atoms. The quantitative estimate of drug-likeness (QED) is 0.404. The summed E-state index contributed by atoms with van der Waals surface area (Å²) in [6.07, 6.45) is 5.23. The molecule has 3 heteroatoms. The summed E-state index contributed by atoms with van der Waals surface area (Å²) in [6.45, 7) is 11.1. The van der Waals surface area contributed by atoms with Crippen LogP contribution in [0.15, 0.2) is 51.6 Å². The smallest absolute Gasteiger partial charge is 0.125 e. The van der Waals surface area contributed by atoms with Crippen LogP contribution < -0.4 is 0 Å². The van der Waals surface area contributed by atoms with Crippen molar-refractivity contribution in [2.24, 2.45) is 4.99 Å². The average Bonchev–Trinajstić information content (AvgIpc) is 2.16. The lowest BCUT2D eigenvalue weighted by Crippen LogP contribution is -1.94. The maximum Gasteiger partial charge on any atom is 0.125 e. The number of allylic oxidation sites excluding steroid dienone is 5. The first-order valence-electron chi connectivity index (χ1n) is 4.07. The van der Waals surface area contributed by atoms with Gasteiger partial charge in [-0.05, 0) is 25.5 Å². The highest BCUT2D eigenvalue weighted by Gasteiger charge is 1.98. The maximum absolute atomic E-state index is 5.79. The summed E-state index contributed by atoms with van der Waals surface area (Å²) in [4.78, 5) is 4.17. The van der Waals surface area contributed by atoms with E-state index in [1.165, 1.54) is 0 Å². The van der Waals surface area contributed by atoms with E-state index in [1.54, 1.807) is 12.2 Å². The molecule has 0 fully saturated rings. The Bertz CT molecular complexity index is 324. The Labute approximate surface area is 98.7 Å². The van der Waals surface area contributed by atoms with Gasteiger partial charge in [0.1, 0.15) is 5.16 Å². The lowest BCUT2D eigenvalue weighted by Gasteiger charge is -1.99. The van der Waals surface area contributed by atoms with Crippen LogP contribution in [-0.2, 0) is 0 Å². The zero-order chi connectivity index (χ0) is 11.1. The van der Waals surface area contributed by atoms with Crippen molar-refractivity contribution in [3.8, 4) is 0 Å². The second-order valence-corrected chi connectivity index (χ2v) is 3.93. The second-order valence-electron chi connectivity index (χ2n) is 2.62. The van der Waals surface area contributed by atoms with Crippen molar-refractivity contribution >= 4 is 33.2 Å². The molecule has 0 radical (unpaired) electrons. The molecule has 0 rings (SSSR count). The third kappa shape index (κ3) is 5.20. The Morgan fingerprint density at radius 1 is 1.50 bits per heavy atom. The number of halogens is 2. The number of rotatable bonds is 4. The average molecular weight is 275 g/mol. The highest BCUT2D eigenvalue weighted by Crippen LogP contribution is 2.12. The van der Waals surface area contributed by atoms with E-state index in [-0.39, 0.29) is 0 Å². The van der Waals surface area contributed by atoms with Crippen LogP contribution in [0.3, 0.4) is 0 Å². The van der Waals surface area contributed by atoms with Crippen molar-refractivity contribution in [3.63, 3.8) is 0 Å². The first-order valence-corrected chi connectivity index (χ1v) is 5.24. The minimum atomic E-state index is 0.448. The Balaban J connectivity index is 5.07. The highest BCUT2D eigenvalue weighted by molar-refractivity contribution is 9.11. The van der Waals surface area contributed by atoms with Gasteiger partial charge in [-0.2, -0.15) is 0 Å². The molecule has 0 aromatic carbocycles. The van der Waals surface area contributed by atoms with E-state index in [1.807, 2.05) is 19.9 Å². The Morgan fingerprint density at radius 2 is 2.07 bits per heavy atom. The van der Waals surface area contributed by atoms with Gasteiger partial charge < -0.3 is 0 Å². The van der Waals surface area contributed by atoms with Gasteiger partial charge in [-0.15, -0.1) is 0 Å². The molecule has 0 aliphatic rings. The number of hydrogen-bond donors (Lipinski definition) is 0. The van der Waals surface area contributed by atoms with Crippen LogP contribution in [0.2, 0.25) is 0 Å². The molecule has 0 saturated carbocycles. The van der Waals surface area contributed by atoms with Crippen molar-refractivity contribution < 1.29 is 0 Å². The molecule has 0 N–H and O–H groups in total. The van der Waals surface area contributed by atoms with Crippen molar-refractivity contribution in [1.82, 2.24) is 0 Å². The molecule has 0 aromatic heterocycles. The van der Waals surface area contributed by atoms with Crippen molar-refractivity contribution in [2.45, 2.75) is 13.8 Å². The molecule has 0 heterocycles. The molecule has 0 amide bonds. The van der Waals surface area contributed by atoms with E-state index in [2.05, 4.69) is 34.1 Å². The molecular formula is C11H13BrClN. The normalized spacial score (nSPS) is 14.1. The minimum Gasteiger partial charge on any atom is -0.237 e. The van der Waals surface area contributed by atoms with Crippen LogP contribution in [0.5, 0.6) is 0 Å². The SMILES string of the molecule is C=C\C(Br)=C/C(=N/C(Cl)=C\C)C(=C)C. The molecule has 0 unspecified atom stereocenters. The van der Waals surface area contributed by atoms with Gasteiger partial charge >= 0.3 is 0 Å². The van der Waals surface area contributed by atoms with E-state index in [0.717, 1.165) is 15.8 Å². The van der Waals surface area contributed by atoms with Gasteiger partial charge in [0, 0.05) is 4.48 Å². The van der Waals surface area contributed by atoms with Crippen molar-refractivity contribution in [2.75, 3.05) is 0 Å². The standard InChI is InChI=1S/C11H13BrClN/c1-5-9(12)7-10(8(3)4)14-11(13)6-2/h5-7H,1,3H2,2,4H3/b9-7+,11-6-,14-10-. The van der Waals surface area contributed by atoms with Gasteiger partial charge in [-0.1, -0.05) is 52.8 Å². The molecular weight excluding hydrogens is 261 g/mol. The zero-order valence-corrected chi connectivity index (χ0v) is 10.7. The summed E-state index contributed by atoms with van der Waals surface area (Å²) >= 11 is 9.11. The third-order valence-electron chi connectivity index (χ3n) is 1.37. The monoisotopic (exact) mass is 273 g/mol. The zero-order valence-electron chi connectivity index (χ0n) is 8.35. The van der Waals surface area contributed by atoms with Crippen LogP contribution in [0, 0.1) is 0 Å². The summed E-state index contributed by atoms with van der Waals surface area (Å²) in [5.74, 6) is 0. The van der Waals surface area contributed by atoms with Crippen molar-refractivity contribution in [3.05, 3.63) is 46.6 Å². The van der Waals surface area contributed by atoms with E-state index in [9.17, 15) is 0 Å². The predicted octanol–water partition coefficient (Wildman–Crippen LogP) is 4.57. The summed E-state index contributed by atoms with van der Waals surface area (Å²) in [5.41, 5.74) is 1.59. The summed E-state index contributed by atoms with van der Waals surface area (Å²) in [7, 11) is 0. The highest BCUT2D eigenvalue weighted by atomic mass is 79.9. The van der Waals surface area contributed by atoms with Gasteiger partial charge in [-0.3, -0.25) is 0 Å². The first-order chi connectivity index (χ1) is 6.51. The predicted molar refractivity (Wildman–Crippen MR) is 69.1 cm³/mol. The second kappa shape index (κ2) is 6.80. The van der Waals surface area contributed by atoms with E-state index in [0.29, 0.717) is 5.16 Å². The van der Waals surface area contributed by atoms with E-state index in [4.69, 9.17) is 11.6 Å². The van der Waals surface area contributed by atoms with E-state index >= 15 is 0 Å². The molecule has 14 heavy (non-hydrogen) atoms. The maximum atomic E-state index is 5.79. The van der Waals surface area contributed by atoms with Gasteiger partial charge in [-0.25, -0.2) is 4.99 Å².